The Morgan fingerprint density at radius 2 is 2.00 bits per heavy atom. The maximum absolute atomic E-state index is 12.0. The Morgan fingerprint density at radius 1 is 1.38 bits per heavy atom. The van der Waals surface area contributed by atoms with Crippen molar-refractivity contribution in [2.75, 3.05) is 5.75 Å². The Kier molecular flexibility index (Phi) is 6.09. The molecule has 4 heteroatoms. The summed E-state index contributed by atoms with van der Waals surface area (Å²) in [7, 11) is 0. The largest absolute Gasteiger partial charge is 0.293 e. The molecule has 0 saturated heterocycles. The summed E-state index contributed by atoms with van der Waals surface area (Å²) in [5, 5.41) is -0.103. The minimum Gasteiger partial charge on any atom is -0.293 e. The molecule has 86 valence electrons. The molecule has 0 N–H and O–H groups in total. The molecule has 1 atom stereocenters. The van der Waals surface area contributed by atoms with Crippen molar-refractivity contribution in [3.05, 3.63) is 35.9 Å². The van der Waals surface area contributed by atoms with Crippen LogP contribution in [0.15, 0.2) is 30.3 Å². The smallest absolute Gasteiger partial charge is 0.175 e. The van der Waals surface area contributed by atoms with Gasteiger partial charge < -0.3 is 0 Å². The Bertz CT molecular complexity index is 362. The van der Waals surface area contributed by atoms with Crippen LogP contribution in [0.2, 0.25) is 0 Å². The van der Waals surface area contributed by atoms with Gasteiger partial charge in [-0.15, -0.1) is 11.8 Å². The van der Waals surface area contributed by atoms with E-state index in [1.165, 1.54) is 11.8 Å². The molecule has 0 saturated carbocycles. The van der Waals surface area contributed by atoms with E-state index >= 15 is 0 Å². The fraction of sp³-hybridized carbons (Fsp3) is 0.333. The van der Waals surface area contributed by atoms with Crippen LogP contribution < -0.4 is 0 Å². The highest BCUT2D eigenvalue weighted by atomic mass is 32.2. The zero-order valence-electron chi connectivity index (χ0n) is 9.30. The standard InChI is InChI=1S/C12H14OS3/c1-3-15-12(14)16-9(2)11(13)10-7-5-4-6-8-10/h4-9H,3H2,1-2H3. The molecular formula is C12H14OS3. The average molecular weight is 270 g/mol. The van der Waals surface area contributed by atoms with Gasteiger partial charge in [0.05, 0.1) is 5.25 Å². The molecule has 0 bridgehead atoms. The summed E-state index contributed by atoms with van der Waals surface area (Å²) < 4.78 is 0.847. The molecule has 1 nitrogen and oxygen atoms in total. The molecule has 0 aliphatic carbocycles. The van der Waals surface area contributed by atoms with Crippen LogP contribution in [0.3, 0.4) is 0 Å². The minimum atomic E-state index is -0.103. The second kappa shape index (κ2) is 7.09. The molecule has 1 rings (SSSR count). The minimum absolute atomic E-state index is 0.103. The number of thiocarbonyl (C=S) groups is 1. The van der Waals surface area contributed by atoms with E-state index in [0.717, 1.165) is 14.8 Å². The van der Waals surface area contributed by atoms with Crippen LogP contribution in [0.25, 0.3) is 0 Å². The monoisotopic (exact) mass is 270 g/mol. The molecule has 0 amide bonds. The Balaban J connectivity index is 2.58. The summed E-state index contributed by atoms with van der Waals surface area (Å²) in [5.41, 5.74) is 0.756. The fourth-order valence-corrected chi connectivity index (χ4v) is 3.80. The molecule has 0 radical (unpaired) electrons. The normalized spacial score (nSPS) is 12.1. The first kappa shape index (κ1) is 13.7. The molecule has 0 fully saturated rings. The van der Waals surface area contributed by atoms with Gasteiger partial charge in [-0.3, -0.25) is 4.79 Å². The van der Waals surface area contributed by atoms with Gasteiger partial charge in [-0.05, 0) is 12.7 Å². The van der Waals surface area contributed by atoms with Crippen molar-refractivity contribution in [3.8, 4) is 0 Å². The lowest BCUT2D eigenvalue weighted by Crippen LogP contribution is -2.14. The fourth-order valence-electron chi connectivity index (χ4n) is 1.19. The van der Waals surface area contributed by atoms with E-state index in [-0.39, 0.29) is 11.0 Å². The lowest BCUT2D eigenvalue weighted by Gasteiger charge is -2.09. The van der Waals surface area contributed by atoms with Crippen LogP contribution in [0, 0.1) is 0 Å². The molecular weight excluding hydrogens is 256 g/mol. The maximum Gasteiger partial charge on any atom is 0.175 e. The van der Waals surface area contributed by atoms with Crippen molar-refractivity contribution >= 4 is 45.1 Å². The van der Waals surface area contributed by atoms with E-state index in [1.54, 1.807) is 11.8 Å². The number of hydrogen-bond donors (Lipinski definition) is 0. The summed E-state index contributed by atoms with van der Waals surface area (Å²) in [6, 6.07) is 9.35. The molecule has 0 heterocycles. The Morgan fingerprint density at radius 3 is 2.56 bits per heavy atom. The van der Waals surface area contributed by atoms with Crippen LogP contribution in [-0.2, 0) is 0 Å². The van der Waals surface area contributed by atoms with Crippen molar-refractivity contribution in [2.24, 2.45) is 0 Å². The molecule has 0 spiro atoms. The first-order valence-corrected chi connectivity index (χ1v) is 7.35. The van der Waals surface area contributed by atoms with E-state index < -0.39 is 0 Å². The van der Waals surface area contributed by atoms with Gasteiger partial charge >= 0.3 is 0 Å². The maximum atomic E-state index is 12.0. The van der Waals surface area contributed by atoms with E-state index in [2.05, 4.69) is 6.92 Å². The first-order valence-electron chi connectivity index (χ1n) is 5.07. The zero-order chi connectivity index (χ0) is 12.0. The molecule has 0 aliphatic rings. The lowest BCUT2D eigenvalue weighted by atomic mass is 10.1. The highest BCUT2D eigenvalue weighted by Crippen LogP contribution is 2.24. The van der Waals surface area contributed by atoms with Gasteiger partial charge in [0.25, 0.3) is 0 Å². The van der Waals surface area contributed by atoms with Crippen molar-refractivity contribution in [1.82, 2.24) is 0 Å². The number of hydrogen-bond acceptors (Lipinski definition) is 4. The Labute approximate surface area is 110 Å². The molecule has 1 aromatic carbocycles. The second-order valence-electron chi connectivity index (χ2n) is 3.17. The number of benzene rings is 1. The van der Waals surface area contributed by atoms with Crippen LogP contribution in [-0.4, -0.2) is 20.3 Å². The lowest BCUT2D eigenvalue weighted by molar-refractivity contribution is 0.0994. The number of thioether (sulfide) groups is 2. The predicted octanol–water partition coefficient (Wildman–Crippen LogP) is 4.03. The summed E-state index contributed by atoms with van der Waals surface area (Å²) >= 11 is 8.26. The van der Waals surface area contributed by atoms with Gasteiger partial charge in [0, 0.05) is 5.56 Å². The third-order valence-electron chi connectivity index (χ3n) is 1.96. The molecule has 16 heavy (non-hydrogen) atoms. The van der Waals surface area contributed by atoms with E-state index in [4.69, 9.17) is 12.2 Å². The molecule has 0 aromatic heterocycles. The van der Waals surface area contributed by atoms with Gasteiger partial charge in [-0.2, -0.15) is 0 Å². The van der Waals surface area contributed by atoms with Crippen molar-refractivity contribution in [1.29, 1.82) is 0 Å². The highest BCUT2D eigenvalue weighted by Gasteiger charge is 2.17. The van der Waals surface area contributed by atoms with Crippen LogP contribution in [0.1, 0.15) is 24.2 Å². The highest BCUT2D eigenvalue weighted by molar-refractivity contribution is 8.47. The van der Waals surface area contributed by atoms with Crippen molar-refractivity contribution < 1.29 is 4.79 Å². The molecule has 0 aliphatic heterocycles. The van der Waals surface area contributed by atoms with Crippen LogP contribution in [0.5, 0.6) is 0 Å². The zero-order valence-corrected chi connectivity index (χ0v) is 11.8. The second-order valence-corrected chi connectivity index (χ2v) is 6.98. The summed E-state index contributed by atoms with van der Waals surface area (Å²) in [6.45, 7) is 3.96. The van der Waals surface area contributed by atoms with E-state index in [1.807, 2.05) is 37.3 Å². The quantitative estimate of drug-likeness (QED) is 0.606. The number of carbonyl (C=O) groups is 1. The third-order valence-corrected chi connectivity index (χ3v) is 4.53. The third kappa shape index (κ3) is 4.28. The predicted molar refractivity (Wildman–Crippen MR) is 78.6 cm³/mol. The van der Waals surface area contributed by atoms with Gasteiger partial charge in [0.2, 0.25) is 0 Å². The first-order chi connectivity index (χ1) is 7.65. The van der Waals surface area contributed by atoms with Gasteiger partial charge in [0.15, 0.2) is 5.78 Å². The number of Topliss-reactive ketones (excluding diaryl/α,β-unsaturated/α-hetero) is 1. The summed E-state index contributed by atoms with van der Waals surface area (Å²) in [4.78, 5) is 12.0. The molecule has 1 unspecified atom stereocenters. The number of carbonyl (C=O) groups excluding carboxylic acids is 1. The van der Waals surface area contributed by atoms with Crippen LogP contribution >= 0.6 is 35.7 Å². The molecule has 1 aromatic rings. The van der Waals surface area contributed by atoms with Crippen molar-refractivity contribution in [3.63, 3.8) is 0 Å². The number of rotatable bonds is 4. The van der Waals surface area contributed by atoms with E-state index in [0.29, 0.717) is 0 Å². The summed E-state index contributed by atoms with van der Waals surface area (Å²) in [5.74, 6) is 1.10. The number of ketones is 1. The average Bonchev–Trinajstić information content (AvgIpc) is 2.29. The topological polar surface area (TPSA) is 17.1 Å². The van der Waals surface area contributed by atoms with Gasteiger partial charge in [-0.25, -0.2) is 0 Å². The SMILES string of the molecule is CCSC(=S)SC(C)C(=O)c1ccccc1. The van der Waals surface area contributed by atoms with Crippen molar-refractivity contribution in [2.45, 2.75) is 19.1 Å². The summed E-state index contributed by atoms with van der Waals surface area (Å²) in [6.07, 6.45) is 0. The van der Waals surface area contributed by atoms with E-state index in [9.17, 15) is 4.79 Å². The Hall–Kier alpha value is -0.320. The van der Waals surface area contributed by atoms with Gasteiger partial charge in [-0.1, -0.05) is 61.2 Å². The van der Waals surface area contributed by atoms with Crippen LogP contribution in [0.4, 0.5) is 0 Å². The van der Waals surface area contributed by atoms with Gasteiger partial charge in [0.1, 0.15) is 3.53 Å².